The van der Waals surface area contributed by atoms with E-state index >= 15 is 0 Å². The van der Waals surface area contributed by atoms with Crippen LogP contribution < -0.4 is 0 Å². The molecule has 0 spiro atoms. The predicted octanol–water partition coefficient (Wildman–Crippen LogP) is 2.03. The van der Waals surface area contributed by atoms with Crippen LogP contribution in [-0.2, 0) is 4.79 Å². The summed E-state index contributed by atoms with van der Waals surface area (Å²) in [5.74, 6) is 0.381. The first kappa shape index (κ1) is 9.34. The van der Waals surface area contributed by atoms with E-state index in [0.717, 1.165) is 0 Å². The van der Waals surface area contributed by atoms with Crippen molar-refractivity contribution in [2.75, 3.05) is 0 Å². The topological polar surface area (TPSA) is 40.9 Å². The molecule has 58 valence electrons. The molecule has 2 nitrogen and oxygen atoms in total. The Morgan fingerprint density at radius 2 is 1.90 bits per heavy atom. The normalized spacial score (nSPS) is 10.0. The Balaban J connectivity index is 3.50. The van der Waals surface area contributed by atoms with E-state index in [0.29, 0.717) is 18.6 Å². The third kappa shape index (κ3) is 4.24. The van der Waals surface area contributed by atoms with Crippen LogP contribution in [0.15, 0.2) is 0 Å². The van der Waals surface area contributed by atoms with Gasteiger partial charge in [-0.05, 0) is 13.3 Å². The smallest absolute Gasteiger partial charge is 0.135 e. The van der Waals surface area contributed by atoms with E-state index in [1.54, 1.807) is 6.92 Å². The van der Waals surface area contributed by atoms with Crippen LogP contribution >= 0.6 is 0 Å². The quantitative estimate of drug-likeness (QED) is 0.598. The Labute approximate surface area is 62.1 Å². The van der Waals surface area contributed by atoms with Crippen molar-refractivity contribution in [3.05, 3.63) is 0 Å². The third-order valence-corrected chi connectivity index (χ3v) is 1.39. The summed E-state index contributed by atoms with van der Waals surface area (Å²) < 4.78 is 0. The summed E-state index contributed by atoms with van der Waals surface area (Å²) in [5, 5.41) is 7.08. The molecule has 0 saturated carbocycles. The van der Waals surface area contributed by atoms with Crippen LogP contribution in [0.25, 0.3) is 0 Å². The van der Waals surface area contributed by atoms with Crippen molar-refractivity contribution in [2.24, 2.45) is 5.92 Å². The van der Waals surface area contributed by atoms with E-state index in [9.17, 15) is 4.79 Å². The molecule has 2 heteroatoms. The molecule has 0 bridgehead atoms. The van der Waals surface area contributed by atoms with Crippen molar-refractivity contribution in [2.45, 2.75) is 33.6 Å². The van der Waals surface area contributed by atoms with E-state index in [-0.39, 0.29) is 11.7 Å². The lowest BCUT2D eigenvalue weighted by atomic mass is 10.0. The Morgan fingerprint density at radius 1 is 1.40 bits per heavy atom. The molecule has 10 heavy (non-hydrogen) atoms. The molecule has 0 heterocycles. The Morgan fingerprint density at radius 3 is 2.20 bits per heavy atom. The minimum Gasteiger partial charge on any atom is -0.310 e. The van der Waals surface area contributed by atoms with Gasteiger partial charge in [-0.15, -0.1) is 0 Å². The predicted molar refractivity (Wildman–Crippen MR) is 42.5 cm³/mol. The average Bonchev–Trinajstić information content (AvgIpc) is 1.82. The van der Waals surface area contributed by atoms with Gasteiger partial charge < -0.3 is 5.41 Å². The molecule has 0 unspecified atom stereocenters. The summed E-state index contributed by atoms with van der Waals surface area (Å²) in [5.41, 5.74) is 0.592. The van der Waals surface area contributed by atoms with Crippen LogP contribution in [0.2, 0.25) is 0 Å². The van der Waals surface area contributed by atoms with E-state index in [1.165, 1.54) is 0 Å². The molecule has 0 radical (unpaired) electrons. The number of ketones is 1. The van der Waals surface area contributed by atoms with E-state index in [4.69, 9.17) is 5.41 Å². The molecule has 1 N–H and O–H groups in total. The largest absolute Gasteiger partial charge is 0.310 e. The highest BCUT2D eigenvalue weighted by atomic mass is 16.1. The maximum Gasteiger partial charge on any atom is 0.135 e. The lowest BCUT2D eigenvalue weighted by Crippen LogP contribution is -2.07. The molecule has 0 aliphatic carbocycles. The molecule has 0 aromatic heterocycles. The number of rotatable bonds is 4. The maximum absolute atomic E-state index is 11.0. The summed E-state index contributed by atoms with van der Waals surface area (Å²) in [6.07, 6.45) is 1.16. The molecule has 0 saturated heterocycles. The number of hydrogen-bond acceptors (Lipinski definition) is 2. The Hall–Kier alpha value is -0.660. The first-order valence-electron chi connectivity index (χ1n) is 3.60. The van der Waals surface area contributed by atoms with Crippen molar-refractivity contribution in [1.82, 2.24) is 0 Å². The Bertz CT molecular complexity index is 138. The molecule has 0 aliphatic rings. The molecular weight excluding hydrogens is 126 g/mol. The standard InChI is InChI=1S/C8H15NO/c1-6(2)8(10)5-4-7(3)9/h6,9H,4-5H2,1-3H3. The molecule has 0 atom stereocenters. The summed E-state index contributed by atoms with van der Waals surface area (Å²) in [6.45, 7) is 5.51. The van der Waals surface area contributed by atoms with Crippen LogP contribution in [0.1, 0.15) is 33.6 Å². The fourth-order valence-corrected chi connectivity index (χ4v) is 0.599. The number of hydrogen-bond donors (Lipinski definition) is 1. The number of carbonyl (C=O) groups is 1. The highest BCUT2D eigenvalue weighted by Crippen LogP contribution is 2.01. The minimum absolute atomic E-state index is 0.124. The van der Waals surface area contributed by atoms with Crippen molar-refractivity contribution in [3.63, 3.8) is 0 Å². The molecule has 0 fully saturated rings. The fraction of sp³-hybridized carbons (Fsp3) is 0.750. The monoisotopic (exact) mass is 141 g/mol. The summed E-state index contributed by atoms with van der Waals surface area (Å²) in [4.78, 5) is 11.0. The molecule has 0 amide bonds. The zero-order valence-electron chi connectivity index (χ0n) is 6.90. The van der Waals surface area contributed by atoms with Crippen molar-refractivity contribution in [1.29, 1.82) is 5.41 Å². The van der Waals surface area contributed by atoms with E-state index in [1.807, 2.05) is 13.8 Å². The third-order valence-electron chi connectivity index (χ3n) is 1.39. The second-order valence-electron chi connectivity index (χ2n) is 2.90. The van der Waals surface area contributed by atoms with Crippen LogP contribution in [0.3, 0.4) is 0 Å². The van der Waals surface area contributed by atoms with Gasteiger partial charge in [0.25, 0.3) is 0 Å². The number of Topliss-reactive ketones (excluding diaryl/α,β-unsaturated/α-hetero) is 1. The summed E-state index contributed by atoms with van der Waals surface area (Å²) in [7, 11) is 0. The summed E-state index contributed by atoms with van der Waals surface area (Å²) >= 11 is 0. The van der Waals surface area contributed by atoms with Gasteiger partial charge in [-0.2, -0.15) is 0 Å². The lowest BCUT2D eigenvalue weighted by Gasteiger charge is -2.01. The molecule has 0 aliphatic heterocycles. The van der Waals surface area contributed by atoms with Crippen molar-refractivity contribution >= 4 is 11.5 Å². The van der Waals surface area contributed by atoms with Gasteiger partial charge >= 0.3 is 0 Å². The van der Waals surface area contributed by atoms with Crippen LogP contribution in [0.4, 0.5) is 0 Å². The molecule has 0 aromatic carbocycles. The van der Waals surface area contributed by atoms with Gasteiger partial charge in [0.2, 0.25) is 0 Å². The van der Waals surface area contributed by atoms with Gasteiger partial charge in [0.1, 0.15) is 5.78 Å². The first-order chi connectivity index (χ1) is 4.54. The summed E-state index contributed by atoms with van der Waals surface area (Å²) in [6, 6.07) is 0. The zero-order chi connectivity index (χ0) is 8.15. The van der Waals surface area contributed by atoms with Gasteiger partial charge in [0.15, 0.2) is 0 Å². The van der Waals surface area contributed by atoms with E-state index < -0.39 is 0 Å². The van der Waals surface area contributed by atoms with Gasteiger partial charge in [0.05, 0.1) is 0 Å². The highest BCUT2D eigenvalue weighted by molar-refractivity contribution is 5.86. The highest BCUT2D eigenvalue weighted by Gasteiger charge is 2.05. The Kier molecular flexibility index (Phi) is 3.93. The second kappa shape index (κ2) is 4.20. The zero-order valence-corrected chi connectivity index (χ0v) is 6.90. The molecule has 0 rings (SSSR count). The van der Waals surface area contributed by atoms with Crippen molar-refractivity contribution < 1.29 is 4.79 Å². The van der Waals surface area contributed by atoms with Crippen LogP contribution in [-0.4, -0.2) is 11.5 Å². The SMILES string of the molecule is CC(=N)CCC(=O)C(C)C. The minimum atomic E-state index is 0.124. The fourth-order valence-electron chi connectivity index (χ4n) is 0.599. The number of carbonyl (C=O) groups excluding carboxylic acids is 1. The molecule has 0 aromatic rings. The van der Waals surface area contributed by atoms with Crippen LogP contribution in [0.5, 0.6) is 0 Å². The molecular formula is C8H15NO. The van der Waals surface area contributed by atoms with Crippen molar-refractivity contribution in [3.8, 4) is 0 Å². The van der Waals surface area contributed by atoms with Crippen LogP contribution in [0, 0.1) is 11.3 Å². The second-order valence-corrected chi connectivity index (χ2v) is 2.90. The van der Waals surface area contributed by atoms with E-state index in [2.05, 4.69) is 0 Å². The van der Waals surface area contributed by atoms with Gasteiger partial charge in [0, 0.05) is 18.1 Å². The lowest BCUT2D eigenvalue weighted by molar-refractivity contribution is -0.121. The van der Waals surface area contributed by atoms with Gasteiger partial charge in [-0.3, -0.25) is 4.79 Å². The van der Waals surface area contributed by atoms with Gasteiger partial charge in [-0.25, -0.2) is 0 Å². The maximum atomic E-state index is 11.0. The first-order valence-corrected chi connectivity index (χ1v) is 3.60. The average molecular weight is 141 g/mol. The number of nitrogens with one attached hydrogen (secondary N) is 1. The van der Waals surface area contributed by atoms with Gasteiger partial charge in [-0.1, -0.05) is 13.8 Å².